The standard InChI is InChI=1S/C19H24N2OS/c1-20-13-8-11-16(20)17-10-4-3-7-14-21(17)19(22)15-9-5-6-12-18(15)23-2/h5-6,8-9,11-13,17H,3-4,7,10,14H2,1-2H3. The lowest BCUT2D eigenvalue weighted by atomic mass is 10.1. The van der Waals surface area contributed by atoms with Crippen LogP contribution in [0.25, 0.3) is 0 Å². The number of aryl methyl sites for hydroxylation is 1. The molecule has 3 rings (SSSR count). The zero-order chi connectivity index (χ0) is 16.2. The fourth-order valence-corrected chi connectivity index (χ4v) is 4.05. The zero-order valence-electron chi connectivity index (χ0n) is 13.9. The molecule has 0 bridgehead atoms. The monoisotopic (exact) mass is 328 g/mol. The van der Waals surface area contributed by atoms with Gasteiger partial charge < -0.3 is 9.47 Å². The van der Waals surface area contributed by atoms with E-state index in [1.54, 1.807) is 11.8 Å². The van der Waals surface area contributed by atoms with E-state index in [4.69, 9.17) is 0 Å². The normalized spacial score (nSPS) is 18.7. The smallest absolute Gasteiger partial charge is 0.255 e. The zero-order valence-corrected chi connectivity index (χ0v) is 14.7. The van der Waals surface area contributed by atoms with Gasteiger partial charge in [0.25, 0.3) is 5.91 Å². The summed E-state index contributed by atoms with van der Waals surface area (Å²) in [6.45, 7) is 0.845. The molecule has 0 radical (unpaired) electrons. The second-order valence-corrected chi connectivity index (χ2v) is 6.96. The second kappa shape index (κ2) is 7.26. The molecule has 122 valence electrons. The maximum atomic E-state index is 13.3. The largest absolute Gasteiger partial charge is 0.353 e. The summed E-state index contributed by atoms with van der Waals surface area (Å²) in [7, 11) is 2.07. The molecule has 1 aliphatic rings. The SMILES string of the molecule is CSc1ccccc1C(=O)N1CCCCCC1c1cccn1C. The van der Waals surface area contributed by atoms with Gasteiger partial charge in [0.2, 0.25) is 0 Å². The van der Waals surface area contributed by atoms with Crippen LogP contribution >= 0.6 is 11.8 Å². The topological polar surface area (TPSA) is 25.2 Å². The summed E-state index contributed by atoms with van der Waals surface area (Å²) in [5, 5.41) is 0. The lowest BCUT2D eigenvalue weighted by Gasteiger charge is -2.31. The van der Waals surface area contributed by atoms with Gasteiger partial charge >= 0.3 is 0 Å². The third kappa shape index (κ3) is 3.32. The average Bonchev–Trinajstić information content (AvgIpc) is 2.86. The van der Waals surface area contributed by atoms with Crippen molar-refractivity contribution in [3.05, 3.63) is 53.9 Å². The highest BCUT2D eigenvalue weighted by atomic mass is 32.2. The molecule has 1 aliphatic heterocycles. The van der Waals surface area contributed by atoms with E-state index in [1.807, 2.05) is 30.5 Å². The number of likely N-dealkylation sites (tertiary alicyclic amines) is 1. The minimum absolute atomic E-state index is 0.169. The Bertz CT molecular complexity index is 680. The van der Waals surface area contributed by atoms with E-state index in [9.17, 15) is 4.79 Å². The van der Waals surface area contributed by atoms with E-state index in [0.717, 1.165) is 29.8 Å². The van der Waals surface area contributed by atoms with Crippen molar-refractivity contribution in [2.24, 2.45) is 7.05 Å². The molecule has 2 aromatic rings. The Balaban J connectivity index is 1.96. The summed E-state index contributed by atoms with van der Waals surface area (Å²) in [5.74, 6) is 0.169. The Hall–Kier alpha value is -1.68. The lowest BCUT2D eigenvalue weighted by Crippen LogP contribution is -2.35. The van der Waals surface area contributed by atoms with Gasteiger partial charge in [0.1, 0.15) is 0 Å². The van der Waals surface area contributed by atoms with Gasteiger partial charge in [0.05, 0.1) is 11.6 Å². The van der Waals surface area contributed by atoms with E-state index in [1.165, 1.54) is 18.5 Å². The predicted molar refractivity (Wildman–Crippen MR) is 95.9 cm³/mol. The van der Waals surface area contributed by atoms with E-state index in [2.05, 4.69) is 34.8 Å². The van der Waals surface area contributed by atoms with E-state index >= 15 is 0 Å². The first-order chi connectivity index (χ1) is 11.2. The average molecular weight is 328 g/mol. The van der Waals surface area contributed by atoms with Crippen LogP contribution in [-0.4, -0.2) is 28.2 Å². The van der Waals surface area contributed by atoms with Crippen molar-refractivity contribution in [2.45, 2.75) is 36.6 Å². The van der Waals surface area contributed by atoms with Crippen molar-refractivity contribution in [3.63, 3.8) is 0 Å². The second-order valence-electron chi connectivity index (χ2n) is 6.11. The van der Waals surface area contributed by atoms with Gasteiger partial charge in [0.15, 0.2) is 0 Å². The fraction of sp³-hybridized carbons (Fsp3) is 0.421. The van der Waals surface area contributed by atoms with Gasteiger partial charge in [-0.25, -0.2) is 0 Å². The molecule has 1 fully saturated rings. The minimum Gasteiger partial charge on any atom is -0.353 e. The van der Waals surface area contributed by atoms with Crippen LogP contribution in [0, 0.1) is 0 Å². The van der Waals surface area contributed by atoms with Crippen molar-refractivity contribution in [2.75, 3.05) is 12.8 Å². The van der Waals surface area contributed by atoms with Crippen LogP contribution in [0.5, 0.6) is 0 Å². The van der Waals surface area contributed by atoms with Crippen molar-refractivity contribution >= 4 is 17.7 Å². The number of amides is 1. The molecule has 2 heterocycles. The molecule has 1 aromatic heterocycles. The Morgan fingerprint density at radius 2 is 1.96 bits per heavy atom. The Morgan fingerprint density at radius 1 is 1.13 bits per heavy atom. The number of carbonyl (C=O) groups excluding carboxylic acids is 1. The maximum Gasteiger partial charge on any atom is 0.255 e. The summed E-state index contributed by atoms with van der Waals surface area (Å²) in [5.41, 5.74) is 2.07. The highest BCUT2D eigenvalue weighted by Crippen LogP contribution is 2.33. The van der Waals surface area contributed by atoms with Gasteiger partial charge in [0, 0.05) is 30.4 Å². The minimum atomic E-state index is 0.169. The maximum absolute atomic E-state index is 13.3. The lowest BCUT2D eigenvalue weighted by molar-refractivity contribution is 0.0671. The fourth-order valence-electron chi connectivity index (χ4n) is 3.46. The number of benzene rings is 1. The molecule has 3 nitrogen and oxygen atoms in total. The number of aromatic nitrogens is 1. The van der Waals surface area contributed by atoms with Crippen LogP contribution < -0.4 is 0 Å². The highest BCUT2D eigenvalue weighted by molar-refractivity contribution is 7.98. The van der Waals surface area contributed by atoms with Crippen molar-refractivity contribution in [1.29, 1.82) is 0 Å². The van der Waals surface area contributed by atoms with E-state index < -0.39 is 0 Å². The highest BCUT2D eigenvalue weighted by Gasteiger charge is 2.29. The molecular formula is C19H24N2OS. The third-order valence-corrected chi connectivity index (χ3v) is 5.47. The van der Waals surface area contributed by atoms with Gasteiger partial charge in [-0.1, -0.05) is 25.0 Å². The summed E-state index contributed by atoms with van der Waals surface area (Å²) < 4.78 is 2.15. The molecular weight excluding hydrogens is 304 g/mol. The first-order valence-corrected chi connectivity index (χ1v) is 9.50. The van der Waals surface area contributed by atoms with Gasteiger partial charge in [-0.3, -0.25) is 4.79 Å². The molecule has 1 saturated heterocycles. The first-order valence-electron chi connectivity index (χ1n) is 8.27. The molecule has 1 unspecified atom stereocenters. The molecule has 1 amide bonds. The van der Waals surface area contributed by atoms with Crippen molar-refractivity contribution < 1.29 is 4.79 Å². The van der Waals surface area contributed by atoms with Crippen LogP contribution in [0.1, 0.15) is 47.8 Å². The molecule has 1 atom stereocenters. The molecule has 1 aromatic carbocycles. The number of rotatable bonds is 3. The van der Waals surface area contributed by atoms with Crippen LogP contribution in [0.4, 0.5) is 0 Å². The predicted octanol–water partition coefficient (Wildman–Crippen LogP) is 4.50. The Labute approximate surface area is 142 Å². The van der Waals surface area contributed by atoms with Crippen LogP contribution in [-0.2, 0) is 7.05 Å². The summed E-state index contributed by atoms with van der Waals surface area (Å²) >= 11 is 1.64. The van der Waals surface area contributed by atoms with Crippen LogP contribution in [0.2, 0.25) is 0 Å². The van der Waals surface area contributed by atoms with Crippen molar-refractivity contribution in [3.8, 4) is 0 Å². The molecule has 0 saturated carbocycles. The Kier molecular flexibility index (Phi) is 5.11. The molecule has 0 aliphatic carbocycles. The first kappa shape index (κ1) is 16.2. The molecule has 0 N–H and O–H groups in total. The number of hydrogen-bond acceptors (Lipinski definition) is 2. The van der Waals surface area contributed by atoms with Crippen LogP contribution in [0.3, 0.4) is 0 Å². The summed E-state index contributed by atoms with van der Waals surface area (Å²) in [6.07, 6.45) is 8.62. The molecule has 4 heteroatoms. The summed E-state index contributed by atoms with van der Waals surface area (Å²) in [4.78, 5) is 16.4. The van der Waals surface area contributed by atoms with E-state index in [0.29, 0.717) is 0 Å². The summed E-state index contributed by atoms with van der Waals surface area (Å²) in [6, 6.07) is 12.4. The van der Waals surface area contributed by atoms with Gasteiger partial charge in [-0.05, 0) is 43.4 Å². The third-order valence-electron chi connectivity index (χ3n) is 4.68. The number of thioether (sulfide) groups is 1. The number of nitrogens with zero attached hydrogens (tertiary/aromatic N) is 2. The van der Waals surface area contributed by atoms with E-state index in [-0.39, 0.29) is 11.9 Å². The van der Waals surface area contributed by atoms with Gasteiger partial charge in [-0.15, -0.1) is 11.8 Å². The number of hydrogen-bond donors (Lipinski definition) is 0. The Morgan fingerprint density at radius 3 is 2.70 bits per heavy atom. The molecule has 0 spiro atoms. The van der Waals surface area contributed by atoms with Gasteiger partial charge in [-0.2, -0.15) is 0 Å². The molecule has 23 heavy (non-hydrogen) atoms. The quantitative estimate of drug-likeness (QED) is 0.775. The van der Waals surface area contributed by atoms with Crippen LogP contribution in [0.15, 0.2) is 47.5 Å². The van der Waals surface area contributed by atoms with Crippen molar-refractivity contribution in [1.82, 2.24) is 9.47 Å². The number of carbonyl (C=O) groups is 1.